The number of rotatable bonds is 9. The number of unbranched alkanes of at least 4 members (excludes halogenated alkanes) is 5. The Kier molecular flexibility index (Phi) is 8.00. The van der Waals surface area contributed by atoms with E-state index in [1.54, 1.807) is 0 Å². The van der Waals surface area contributed by atoms with Crippen LogP contribution in [0.25, 0.3) is 0 Å². The first-order valence-corrected chi connectivity index (χ1v) is 8.41. The molecule has 0 heterocycles. The maximum Gasteiger partial charge on any atom is 0.310 e. The van der Waals surface area contributed by atoms with Crippen LogP contribution in [-0.2, 0) is 16.0 Å². The number of benzene rings is 1. The Hall–Kier alpha value is -1.51. The predicted molar refractivity (Wildman–Crippen MR) is 90.4 cm³/mol. The number of aromatic hydroxyl groups is 1. The summed E-state index contributed by atoms with van der Waals surface area (Å²) in [6, 6.07) is 1.92. The van der Waals surface area contributed by atoms with Gasteiger partial charge in [-0.05, 0) is 49.4 Å². The maximum absolute atomic E-state index is 11.9. The molecule has 0 amide bonds. The van der Waals surface area contributed by atoms with Gasteiger partial charge in [0.2, 0.25) is 0 Å². The van der Waals surface area contributed by atoms with Crippen molar-refractivity contribution in [2.45, 2.75) is 72.6 Å². The molecule has 0 aliphatic rings. The lowest BCUT2D eigenvalue weighted by Crippen LogP contribution is -2.11. The van der Waals surface area contributed by atoms with E-state index in [9.17, 15) is 9.90 Å². The first-order chi connectivity index (χ1) is 10.5. The molecule has 1 aromatic carbocycles. The molecule has 22 heavy (non-hydrogen) atoms. The molecule has 124 valence electrons. The minimum atomic E-state index is -0.206. The summed E-state index contributed by atoms with van der Waals surface area (Å²) in [5.41, 5.74) is 3.55. The number of phenolic OH excluding ortho intramolecular Hbond substituents is 1. The van der Waals surface area contributed by atoms with E-state index in [0.717, 1.165) is 35.1 Å². The summed E-state index contributed by atoms with van der Waals surface area (Å²) in [5, 5.41) is 9.99. The smallest absolute Gasteiger partial charge is 0.310 e. The molecule has 0 aliphatic heterocycles. The number of ether oxygens (including phenoxy) is 1. The summed E-state index contributed by atoms with van der Waals surface area (Å²) in [4.78, 5) is 11.9. The third-order valence-corrected chi connectivity index (χ3v) is 4.17. The average molecular weight is 306 g/mol. The van der Waals surface area contributed by atoms with Gasteiger partial charge in [0.1, 0.15) is 5.75 Å². The zero-order valence-corrected chi connectivity index (χ0v) is 14.5. The number of phenols is 1. The average Bonchev–Trinajstić information content (AvgIpc) is 2.48. The highest BCUT2D eigenvalue weighted by molar-refractivity contribution is 5.74. The molecule has 0 saturated heterocycles. The lowest BCUT2D eigenvalue weighted by atomic mass is 9.96. The van der Waals surface area contributed by atoms with Gasteiger partial charge >= 0.3 is 5.97 Å². The lowest BCUT2D eigenvalue weighted by molar-refractivity contribution is -0.142. The Morgan fingerprint density at radius 3 is 2.36 bits per heavy atom. The molecule has 1 aromatic rings. The van der Waals surface area contributed by atoms with Crippen molar-refractivity contribution in [3.63, 3.8) is 0 Å². The molecular weight excluding hydrogens is 276 g/mol. The van der Waals surface area contributed by atoms with E-state index in [2.05, 4.69) is 6.92 Å². The summed E-state index contributed by atoms with van der Waals surface area (Å²) >= 11 is 0. The van der Waals surface area contributed by atoms with E-state index >= 15 is 0 Å². The van der Waals surface area contributed by atoms with Gasteiger partial charge in [-0.3, -0.25) is 4.79 Å². The fraction of sp³-hybridized carbons (Fsp3) is 0.632. The summed E-state index contributed by atoms with van der Waals surface area (Å²) in [5.74, 6) is 0.0762. The fourth-order valence-corrected chi connectivity index (χ4v) is 2.75. The van der Waals surface area contributed by atoms with Gasteiger partial charge in [0, 0.05) is 0 Å². The second-order valence-corrected chi connectivity index (χ2v) is 6.13. The molecule has 0 spiro atoms. The van der Waals surface area contributed by atoms with Crippen LogP contribution in [-0.4, -0.2) is 17.7 Å². The Balaban J connectivity index is 2.38. The fourth-order valence-electron chi connectivity index (χ4n) is 2.75. The van der Waals surface area contributed by atoms with Crippen molar-refractivity contribution < 1.29 is 14.6 Å². The van der Waals surface area contributed by atoms with Crippen LogP contribution in [0.5, 0.6) is 5.75 Å². The zero-order chi connectivity index (χ0) is 16.5. The molecule has 0 bridgehead atoms. The van der Waals surface area contributed by atoms with Crippen molar-refractivity contribution >= 4 is 5.97 Å². The van der Waals surface area contributed by atoms with E-state index in [-0.39, 0.29) is 18.1 Å². The molecule has 0 aromatic heterocycles. The van der Waals surface area contributed by atoms with Gasteiger partial charge in [0.05, 0.1) is 13.0 Å². The van der Waals surface area contributed by atoms with Crippen LogP contribution in [0.1, 0.15) is 67.7 Å². The molecule has 0 aliphatic carbocycles. The van der Waals surface area contributed by atoms with Gasteiger partial charge in [-0.1, -0.05) is 45.1 Å². The number of aryl methyl sites for hydroxylation is 2. The summed E-state index contributed by atoms with van der Waals surface area (Å²) in [7, 11) is 0. The van der Waals surface area contributed by atoms with Crippen molar-refractivity contribution in [1.82, 2.24) is 0 Å². The SMILES string of the molecule is CCCCCCCCOC(=O)Cc1c(C)cc(C)c(O)c1C. The predicted octanol–water partition coefficient (Wildman–Crippen LogP) is 4.76. The third-order valence-electron chi connectivity index (χ3n) is 4.17. The van der Waals surface area contributed by atoms with Crippen molar-refractivity contribution in [3.8, 4) is 5.75 Å². The van der Waals surface area contributed by atoms with Crippen LogP contribution in [0.15, 0.2) is 6.07 Å². The monoisotopic (exact) mass is 306 g/mol. The summed E-state index contributed by atoms with van der Waals surface area (Å²) < 4.78 is 5.31. The topological polar surface area (TPSA) is 46.5 Å². The lowest BCUT2D eigenvalue weighted by Gasteiger charge is -2.13. The van der Waals surface area contributed by atoms with Gasteiger partial charge in [0.25, 0.3) is 0 Å². The molecule has 3 heteroatoms. The van der Waals surface area contributed by atoms with Gasteiger partial charge in [0.15, 0.2) is 0 Å². The third kappa shape index (κ3) is 5.70. The largest absolute Gasteiger partial charge is 0.507 e. The van der Waals surface area contributed by atoms with Gasteiger partial charge < -0.3 is 9.84 Å². The highest BCUT2D eigenvalue weighted by Gasteiger charge is 2.14. The van der Waals surface area contributed by atoms with Gasteiger partial charge in [-0.25, -0.2) is 0 Å². The van der Waals surface area contributed by atoms with Crippen LogP contribution in [0.4, 0.5) is 0 Å². The minimum Gasteiger partial charge on any atom is -0.507 e. The van der Waals surface area contributed by atoms with Crippen molar-refractivity contribution in [3.05, 3.63) is 28.3 Å². The quantitative estimate of drug-likeness (QED) is 0.528. The molecule has 1 rings (SSSR count). The summed E-state index contributed by atoms with van der Waals surface area (Å²) in [6.45, 7) is 8.40. The zero-order valence-electron chi connectivity index (χ0n) is 14.5. The Morgan fingerprint density at radius 1 is 1.05 bits per heavy atom. The van der Waals surface area contributed by atoms with Crippen molar-refractivity contribution in [1.29, 1.82) is 0 Å². The van der Waals surface area contributed by atoms with E-state index in [1.807, 2.05) is 26.8 Å². The van der Waals surface area contributed by atoms with E-state index in [1.165, 1.54) is 25.7 Å². The van der Waals surface area contributed by atoms with Crippen LogP contribution < -0.4 is 0 Å². The molecule has 1 N–H and O–H groups in total. The minimum absolute atomic E-state index is 0.206. The standard InChI is InChI=1S/C19H30O3/c1-5-6-7-8-9-10-11-22-18(20)13-17-14(2)12-15(3)19(21)16(17)4/h12,21H,5-11,13H2,1-4H3. The van der Waals surface area contributed by atoms with E-state index in [0.29, 0.717) is 6.61 Å². The van der Waals surface area contributed by atoms with Crippen molar-refractivity contribution in [2.24, 2.45) is 0 Å². The second-order valence-electron chi connectivity index (χ2n) is 6.13. The first-order valence-electron chi connectivity index (χ1n) is 8.41. The molecule has 0 unspecified atom stereocenters. The maximum atomic E-state index is 11.9. The van der Waals surface area contributed by atoms with Gasteiger partial charge in [-0.15, -0.1) is 0 Å². The van der Waals surface area contributed by atoms with Crippen LogP contribution >= 0.6 is 0 Å². The molecule has 0 radical (unpaired) electrons. The molecule has 0 saturated carbocycles. The molecular formula is C19H30O3. The second kappa shape index (κ2) is 9.50. The van der Waals surface area contributed by atoms with Crippen LogP contribution in [0.2, 0.25) is 0 Å². The Morgan fingerprint density at radius 2 is 1.68 bits per heavy atom. The molecule has 0 fully saturated rings. The molecule has 3 nitrogen and oxygen atoms in total. The van der Waals surface area contributed by atoms with Crippen LogP contribution in [0.3, 0.4) is 0 Å². The van der Waals surface area contributed by atoms with E-state index in [4.69, 9.17) is 4.74 Å². The number of hydrogen-bond donors (Lipinski definition) is 1. The number of carbonyl (C=O) groups excluding carboxylic acids is 1. The number of hydrogen-bond acceptors (Lipinski definition) is 3. The number of esters is 1. The van der Waals surface area contributed by atoms with E-state index < -0.39 is 0 Å². The highest BCUT2D eigenvalue weighted by atomic mass is 16.5. The van der Waals surface area contributed by atoms with Crippen LogP contribution in [0, 0.1) is 20.8 Å². The molecule has 0 atom stereocenters. The Bertz CT molecular complexity index is 492. The summed E-state index contributed by atoms with van der Waals surface area (Å²) in [6.07, 6.45) is 7.32. The Labute approximate surface area is 134 Å². The normalized spacial score (nSPS) is 10.7. The number of carbonyl (C=O) groups is 1. The van der Waals surface area contributed by atoms with Gasteiger partial charge in [-0.2, -0.15) is 0 Å². The highest BCUT2D eigenvalue weighted by Crippen LogP contribution is 2.28. The first kappa shape index (κ1) is 18.5. The van der Waals surface area contributed by atoms with Crippen molar-refractivity contribution in [2.75, 3.05) is 6.61 Å².